The summed E-state index contributed by atoms with van der Waals surface area (Å²) >= 11 is 0. The number of carbonyl (C=O) groups is 2. The summed E-state index contributed by atoms with van der Waals surface area (Å²) in [6.45, 7) is 0.737. The van der Waals surface area contributed by atoms with Crippen LogP contribution in [-0.4, -0.2) is 36.2 Å². The van der Waals surface area contributed by atoms with Gasteiger partial charge in [0.1, 0.15) is 6.04 Å². The summed E-state index contributed by atoms with van der Waals surface area (Å²) in [5.74, 6) is 1.06. The highest BCUT2D eigenvalue weighted by atomic mass is 16.7. The van der Waals surface area contributed by atoms with E-state index in [-0.39, 0.29) is 18.7 Å². The predicted molar refractivity (Wildman–Crippen MR) is 96.4 cm³/mol. The highest BCUT2D eigenvalue weighted by Gasteiger charge is 2.34. The number of amides is 3. The Morgan fingerprint density at radius 1 is 0.962 bits per heavy atom. The normalized spacial score (nSPS) is 17.8. The highest BCUT2D eigenvalue weighted by molar-refractivity contribution is 5.99. The molecule has 26 heavy (non-hydrogen) atoms. The zero-order valence-corrected chi connectivity index (χ0v) is 14.1. The standard InChI is InChI=1S/C19H19N3O4/c23-18(20-14-8-9-16-17(11-14)26-12-25-16)15-7-4-10-22(15)19(24)21-13-5-2-1-3-6-13/h1-3,5-6,8-9,11,15H,4,7,10,12H2,(H,20,23)(H,21,24)/t15-/m1/s1. The molecule has 0 aromatic heterocycles. The van der Waals surface area contributed by atoms with Gasteiger partial charge in [-0.25, -0.2) is 4.79 Å². The maximum atomic E-state index is 12.7. The fourth-order valence-corrected chi connectivity index (χ4v) is 3.20. The number of nitrogens with zero attached hydrogens (tertiary/aromatic N) is 1. The number of anilines is 2. The van der Waals surface area contributed by atoms with Gasteiger partial charge in [0, 0.05) is 24.0 Å². The fourth-order valence-electron chi connectivity index (χ4n) is 3.20. The summed E-state index contributed by atoms with van der Waals surface area (Å²) in [6.07, 6.45) is 1.43. The number of para-hydroxylation sites is 1. The highest BCUT2D eigenvalue weighted by Crippen LogP contribution is 2.34. The molecule has 1 atom stereocenters. The summed E-state index contributed by atoms with van der Waals surface area (Å²) in [4.78, 5) is 26.8. The number of nitrogens with one attached hydrogen (secondary N) is 2. The number of fused-ring (bicyclic) bond motifs is 1. The molecule has 4 rings (SSSR count). The van der Waals surface area contributed by atoms with Gasteiger partial charge in [0.15, 0.2) is 11.5 Å². The van der Waals surface area contributed by atoms with Crippen LogP contribution in [0, 0.1) is 0 Å². The fraction of sp³-hybridized carbons (Fsp3) is 0.263. The third-order valence-corrected chi connectivity index (χ3v) is 4.48. The topological polar surface area (TPSA) is 79.9 Å². The Morgan fingerprint density at radius 3 is 2.62 bits per heavy atom. The quantitative estimate of drug-likeness (QED) is 0.889. The first-order valence-corrected chi connectivity index (χ1v) is 8.54. The van der Waals surface area contributed by atoms with Crippen LogP contribution < -0.4 is 20.1 Å². The molecule has 7 nitrogen and oxygen atoms in total. The Hall–Kier alpha value is -3.22. The van der Waals surface area contributed by atoms with Crippen LogP contribution in [0.1, 0.15) is 12.8 Å². The van der Waals surface area contributed by atoms with Crippen molar-refractivity contribution in [3.05, 3.63) is 48.5 Å². The molecule has 0 saturated carbocycles. The van der Waals surface area contributed by atoms with Gasteiger partial charge in [-0.1, -0.05) is 18.2 Å². The molecule has 1 saturated heterocycles. The van der Waals surface area contributed by atoms with Gasteiger partial charge in [0.05, 0.1) is 0 Å². The van der Waals surface area contributed by atoms with Crippen LogP contribution in [0.3, 0.4) is 0 Å². The average Bonchev–Trinajstić information content (AvgIpc) is 3.31. The van der Waals surface area contributed by atoms with Crippen LogP contribution in [0.4, 0.5) is 16.2 Å². The van der Waals surface area contributed by atoms with E-state index in [1.807, 2.05) is 30.3 Å². The number of ether oxygens (including phenoxy) is 2. The van der Waals surface area contributed by atoms with Gasteiger partial charge in [-0.15, -0.1) is 0 Å². The summed E-state index contributed by atoms with van der Waals surface area (Å²) < 4.78 is 10.6. The summed E-state index contributed by atoms with van der Waals surface area (Å²) in [7, 11) is 0. The second kappa shape index (κ2) is 6.95. The lowest BCUT2D eigenvalue weighted by molar-refractivity contribution is -0.119. The number of hydrogen-bond donors (Lipinski definition) is 2. The number of hydrogen-bond acceptors (Lipinski definition) is 4. The first-order chi connectivity index (χ1) is 12.7. The molecule has 134 valence electrons. The van der Waals surface area contributed by atoms with E-state index in [0.29, 0.717) is 35.8 Å². The number of rotatable bonds is 3. The molecule has 0 unspecified atom stereocenters. The van der Waals surface area contributed by atoms with Gasteiger partial charge in [-0.3, -0.25) is 4.79 Å². The molecule has 3 amide bonds. The lowest BCUT2D eigenvalue weighted by Gasteiger charge is -2.24. The van der Waals surface area contributed by atoms with E-state index in [9.17, 15) is 9.59 Å². The predicted octanol–water partition coefficient (Wildman–Crippen LogP) is 3.05. The van der Waals surface area contributed by atoms with Crippen molar-refractivity contribution in [2.45, 2.75) is 18.9 Å². The second-order valence-corrected chi connectivity index (χ2v) is 6.20. The van der Waals surface area contributed by atoms with Crippen molar-refractivity contribution in [1.29, 1.82) is 0 Å². The molecule has 2 aromatic rings. The van der Waals surface area contributed by atoms with Gasteiger partial charge in [0.2, 0.25) is 12.7 Å². The number of benzene rings is 2. The van der Waals surface area contributed by atoms with Gasteiger partial charge in [0.25, 0.3) is 0 Å². The van der Waals surface area contributed by atoms with Crippen LogP contribution in [0.5, 0.6) is 11.5 Å². The lowest BCUT2D eigenvalue weighted by Crippen LogP contribution is -2.45. The molecule has 2 N–H and O–H groups in total. The van der Waals surface area contributed by atoms with E-state index >= 15 is 0 Å². The lowest BCUT2D eigenvalue weighted by atomic mass is 10.2. The first kappa shape index (κ1) is 16.3. The van der Waals surface area contributed by atoms with Gasteiger partial charge < -0.3 is 25.0 Å². The maximum Gasteiger partial charge on any atom is 0.322 e. The first-order valence-electron chi connectivity index (χ1n) is 8.54. The van der Waals surface area contributed by atoms with Crippen LogP contribution in [0.15, 0.2) is 48.5 Å². The SMILES string of the molecule is O=C(Nc1ccc2c(c1)OCO2)[C@H]1CCCN1C(=O)Nc1ccccc1. The van der Waals surface area contributed by atoms with Crippen molar-refractivity contribution in [1.82, 2.24) is 4.90 Å². The molecule has 1 fully saturated rings. The van der Waals surface area contributed by atoms with E-state index in [4.69, 9.17) is 9.47 Å². The van der Waals surface area contributed by atoms with Gasteiger partial charge in [-0.05, 0) is 37.1 Å². The third-order valence-electron chi connectivity index (χ3n) is 4.48. The Morgan fingerprint density at radius 2 is 1.77 bits per heavy atom. The maximum absolute atomic E-state index is 12.7. The van der Waals surface area contributed by atoms with Crippen molar-refractivity contribution in [3.63, 3.8) is 0 Å². The monoisotopic (exact) mass is 353 g/mol. The second-order valence-electron chi connectivity index (χ2n) is 6.20. The van der Waals surface area contributed by atoms with Crippen molar-refractivity contribution >= 4 is 23.3 Å². The van der Waals surface area contributed by atoms with E-state index < -0.39 is 6.04 Å². The average molecular weight is 353 g/mol. The van der Waals surface area contributed by atoms with Crippen LogP contribution in [0.2, 0.25) is 0 Å². The smallest absolute Gasteiger partial charge is 0.322 e. The Bertz CT molecular complexity index is 825. The molecule has 0 radical (unpaired) electrons. The number of carbonyl (C=O) groups excluding carboxylic acids is 2. The molecule has 0 aliphatic carbocycles. The molecule has 0 bridgehead atoms. The van der Waals surface area contributed by atoms with E-state index in [0.717, 1.165) is 6.42 Å². The molecule has 2 heterocycles. The zero-order valence-electron chi connectivity index (χ0n) is 14.1. The van der Waals surface area contributed by atoms with Gasteiger partial charge >= 0.3 is 6.03 Å². The summed E-state index contributed by atoms with van der Waals surface area (Å²) in [6, 6.07) is 13.7. The van der Waals surface area contributed by atoms with Crippen molar-refractivity contribution in [2.75, 3.05) is 24.0 Å². The summed E-state index contributed by atoms with van der Waals surface area (Å²) in [5, 5.41) is 5.70. The van der Waals surface area contributed by atoms with Crippen LogP contribution in [-0.2, 0) is 4.79 Å². The third kappa shape index (κ3) is 3.28. The molecular weight excluding hydrogens is 334 g/mol. The van der Waals surface area contributed by atoms with Crippen molar-refractivity contribution in [3.8, 4) is 11.5 Å². The van der Waals surface area contributed by atoms with E-state index in [1.165, 1.54) is 0 Å². The molecule has 2 aromatic carbocycles. The Balaban J connectivity index is 1.42. The molecule has 7 heteroatoms. The molecule has 0 spiro atoms. The minimum atomic E-state index is -0.496. The number of urea groups is 1. The Kier molecular flexibility index (Phi) is 4.35. The van der Waals surface area contributed by atoms with E-state index in [2.05, 4.69) is 10.6 Å². The molecule has 2 aliphatic rings. The van der Waals surface area contributed by atoms with Crippen molar-refractivity contribution in [2.24, 2.45) is 0 Å². The van der Waals surface area contributed by atoms with Crippen LogP contribution in [0.25, 0.3) is 0 Å². The minimum absolute atomic E-state index is 0.183. The van der Waals surface area contributed by atoms with E-state index in [1.54, 1.807) is 23.1 Å². The Labute approximate surface area is 150 Å². The van der Waals surface area contributed by atoms with Crippen LogP contribution >= 0.6 is 0 Å². The largest absolute Gasteiger partial charge is 0.454 e. The summed E-state index contributed by atoms with van der Waals surface area (Å²) in [5.41, 5.74) is 1.33. The zero-order chi connectivity index (χ0) is 17.9. The van der Waals surface area contributed by atoms with Gasteiger partial charge in [-0.2, -0.15) is 0 Å². The minimum Gasteiger partial charge on any atom is -0.454 e. The molecule has 2 aliphatic heterocycles. The molecular formula is C19H19N3O4. The number of likely N-dealkylation sites (tertiary alicyclic amines) is 1. The van der Waals surface area contributed by atoms with Crippen molar-refractivity contribution < 1.29 is 19.1 Å².